The van der Waals surface area contributed by atoms with Crippen molar-refractivity contribution in [1.29, 1.82) is 0 Å². The van der Waals surface area contributed by atoms with E-state index in [4.69, 9.17) is 0 Å². The van der Waals surface area contributed by atoms with Gasteiger partial charge in [-0.05, 0) is 150 Å². The lowest BCUT2D eigenvalue weighted by atomic mass is 9.66. The molecule has 1 aromatic heterocycles. The van der Waals surface area contributed by atoms with Gasteiger partial charge in [0.1, 0.15) is 0 Å². The molecule has 0 N–H and O–H groups in total. The Morgan fingerprint density at radius 2 is 0.797 bits per heavy atom. The summed E-state index contributed by atoms with van der Waals surface area (Å²) in [6.45, 7) is 4.78. The van der Waals surface area contributed by atoms with Crippen LogP contribution in [0.3, 0.4) is 0 Å². The average molecular weight is 1020 g/mol. The second-order valence-electron chi connectivity index (χ2n) is 22.3. The van der Waals surface area contributed by atoms with E-state index in [-0.39, 0.29) is 5.41 Å². The number of anilines is 6. The van der Waals surface area contributed by atoms with Crippen molar-refractivity contribution in [3.8, 4) is 66.8 Å². The summed E-state index contributed by atoms with van der Waals surface area (Å²) in [6, 6.07) is 101. The summed E-state index contributed by atoms with van der Waals surface area (Å²) in [4.78, 5) is 4.99. The number of nitrogens with zero attached hydrogens (tertiary/aromatic N) is 2. The lowest BCUT2D eigenvalue weighted by Gasteiger charge is -2.36. The Kier molecular flexibility index (Phi) is 9.30. The van der Waals surface area contributed by atoms with Crippen LogP contribution in [0.2, 0.25) is 0 Å². The quantitative estimate of drug-likeness (QED) is 0.173. The van der Waals surface area contributed by atoms with E-state index in [1.807, 2.05) is 11.3 Å². The molecular weight excluding hydrogens is 973 g/mol. The Morgan fingerprint density at radius 1 is 0.316 bits per heavy atom. The summed E-state index contributed by atoms with van der Waals surface area (Å²) >= 11 is 1.93. The monoisotopic (exact) mass is 1020 g/mol. The summed E-state index contributed by atoms with van der Waals surface area (Å²) in [7, 11) is 0. The highest BCUT2D eigenvalue weighted by Gasteiger charge is 2.50. The van der Waals surface area contributed by atoms with Crippen LogP contribution in [0, 0.1) is 0 Å². The predicted octanol–water partition coefficient (Wildman–Crippen LogP) is 21.0. The number of fused-ring (bicyclic) bond motifs is 24. The minimum Gasteiger partial charge on any atom is -0.310 e. The summed E-state index contributed by atoms with van der Waals surface area (Å²) in [6.07, 6.45) is 0. The third-order valence-corrected chi connectivity index (χ3v) is 19.2. The Balaban J connectivity index is 0.955. The van der Waals surface area contributed by atoms with E-state index in [0.717, 1.165) is 34.1 Å². The van der Waals surface area contributed by atoms with Crippen LogP contribution >= 0.6 is 11.3 Å². The maximum absolute atomic E-state index is 2.54. The van der Waals surface area contributed by atoms with E-state index >= 15 is 0 Å². The van der Waals surface area contributed by atoms with E-state index in [1.165, 1.54) is 120 Å². The summed E-state index contributed by atoms with van der Waals surface area (Å²) in [5, 5.41) is 2.64. The Hall–Kier alpha value is -9.54. The highest BCUT2D eigenvalue weighted by Crippen LogP contribution is 2.64. The molecule has 0 fully saturated rings. The van der Waals surface area contributed by atoms with Crippen molar-refractivity contribution >= 4 is 65.6 Å². The SMILES string of the molecule is CC1(C)c2ccccc2-c2ccc(N(c3ccc4c(c3)-c3ccccc3-c3ccccc3N4c3ccccc3)c3ccc4c(c3)-c3ccccc3-c3ccccc3C43c4ccccc4-c4c3ccc3c4sc4ccccc43)cc21. The molecule has 0 saturated carbocycles. The van der Waals surface area contributed by atoms with Gasteiger partial charge >= 0.3 is 0 Å². The van der Waals surface area contributed by atoms with Crippen molar-refractivity contribution in [2.45, 2.75) is 24.7 Å². The van der Waals surface area contributed by atoms with Gasteiger partial charge < -0.3 is 9.80 Å². The van der Waals surface area contributed by atoms with Gasteiger partial charge in [0.15, 0.2) is 0 Å². The summed E-state index contributed by atoms with van der Waals surface area (Å²) < 4.78 is 2.67. The number of rotatable bonds is 4. The molecule has 2 nitrogen and oxygen atoms in total. The molecule has 79 heavy (non-hydrogen) atoms. The lowest BCUT2D eigenvalue weighted by Crippen LogP contribution is -2.29. The number of hydrogen-bond donors (Lipinski definition) is 0. The van der Waals surface area contributed by atoms with Crippen LogP contribution in [0.25, 0.3) is 86.9 Å². The van der Waals surface area contributed by atoms with Crippen molar-refractivity contribution in [2.24, 2.45) is 0 Å². The van der Waals surface area contributed by atoms with Crippen LogP contribution in [-0.2, 0) is 10.8 Å². The number of para-hydroxylation sites is 2. The Labute approximate surface area is 464 Å². The first kappa shape index (κ1) is 44.6. The zero-order valence-corrected chi connectivity index (χ0v) is 44.5. The number of benzene rings is 12. The molecular formula is C76H50N2S. The molecule has 0 radical (unpaired) electrons. The standard InChI is InChI=1S/C76H50N2S/c1-75(2)64-31-15-10-27-56(64)57-39-36-50(46-69(57)75)77(49-38-43-71-63(45-49)54-25-9-7-23-52(54)58-28-13-18-34-70(58)78(71)47-20-4-3-5-21-47)48-37-41-67-62(44-48)53-24-8-6-22-51(53)55-26-11-16-32-65(55)76(67)66-33-17-12-30-61(66)73-68(76)42-40-60-59-29-14-19-35-72(59)79-74(60)73/h3-46H,1-2H3. The second kappa shape index (κ2) is 16.5. The first-order valence-electron chi connectivity index (χ1n) is 27.6. The predicted molar refractivity (Wildman–Crippen MR) is 332 cm³/mol. The molecule has 1 aliphatic heterocycles. The lowest BCUT2D eigenvalue weighted by molar-refractivity contribution is 0.660. The first-order valence-corrected chi connectivity index (χ1v) is 28.4. The van der Waals surface area contributed by atoms with Crippen molar-refractivity contribution in [3.05, 3.63) is 300 Å². The molecule has 2 heterocycles. The van der Waals surface area contributed by atoms with Crippen molar-refractivity contribution in [1.82, 2.24) is 0 Å². The van der Waals surface area contributed by atoms with E-state index in [1.54, 1.807) is 0 Å². The summed E-state index contributed by atoms with van der Waals surface area (Å²) in [5.74, 6) is 0. The maximum Gasteiger partial charge on any atom is 0.0726 e. The maximum atomic E-state index is 2.54. The third kappa shape index (κ3) is 6.06. The second-order valence-corrected chi connectivity index (χ2v) is 23.3. The molecule has 3 heteroatoms. The molecule has 13 aromatic rings. The third-order valence-electron chi connectivity index (χ3n) is 18.0. The van der Waals surface area contributed by atoms with Crippen LogP contribution in [0.1, 0.15) is 47.2 Å². The van der Waals surface area contributed by atoms with Gasteiger partial charge in [0.05, 0.1) is 16.8 Å². The Bertz CT molecular complexity index is 4730. The number of hydrogen-bond acceptors (Lipinski definition) is 3. The van der Waals surface area contributed by atoms with Crippen molar-refractivity contribution in [2.75, 3.05) is 9.80 Å². The topological polar surface area (TPSA) is 6.48 Å². The normalized spacial score (nSPS) is 15.3. The molecule has 12 aromatic carbocycles. The minimum atomic E-state index is -0.627. The molecule has 0 amide bonds. The van der Waals surface area contributed by atoms with Gasteiger partial charge in [-0.25, -0.2) is 0 Å². The molecule has 0 saturated heterocycles. The zero-order chi connectivity index (χ0) is 52.1. The first-order chi connectivity index (χ1) is 39.0. The molecule has 0 bridgehead atoms. The van der Waals surface area contributed by atoms with Crippen LogP contribution < -0.4 is 9.80 Å². The molecule has 1 spiro atoms. The summed E-state index contributed by atoms with van der Waals surface area (Å²) in [5.41, 5.74) is 28.9. The van der Waals surface area contributed by atoms with E-state index in [2.05, 4.69) is 291 Å². The van der Waals surface area contributed by atoms with Gasteiger partial charge in [0, 0.05) is 65.0 Å². The van der Waals surface area contributed by atoms with Crippen LogP contribution in [0.15, 0.2) is 267 Å². The molecule has 1 unspecified atom stereocenters. The van der Waals surface area contributed by atoms with Gasteiger partial charge in [0.2, 0.25) is 0 Å². The van der Waals surface area contributed by atoms with Gasteiger partial charge in [-0.15, -0.1) is 11.3 Å². The van der Waals surface area contributed by atoms with Crippen molar-refractivity contribution in [3.63, 3.8) is 0 Å². The zero-order valence-electron chi connectivity index (χ0n) is 43.7. The van der Waals surface area contributed by atoms with Gasteiger partial charge in [-0.1, -0.05) is 214 Å². The van der Waals surface area contributed by atoms with E-state index in [0.29, 0.717) is 0 Å². The number of thiophene rings is 1. The van der Waals surface area contributed by atoms with Crippen LogP contribution in [0.5, 0.6) is 0 Å². The highest BCUT2D eigenvalue weighted by atomic mass is 32.1. The fourth-order valence-electron chi connectivity index (χ4n) is 14.7. The van der Waals surface area contributed by atoms with Crippen LogP contribution in [-0.4, -0.2) is 0 Å². The average Bonchev–Trinajstić information content (AvgIpc) is 4.27. The minimum absolute atomic E-state index is 0.198. The fraction of sp³-hybridized carbons (Fsp3) is 0.0526. The largest absolute Gasteiger partial charge is 0.310 e. The van der Waals surface area contributed by atoms with E-state index in [9.17, 15) is 0 Å². The van der Waals surface area contributed by atoms with Gasteiger partial charge in [0.25, 0.3) is 0 Å². The molecule has 1 atom stereocenters. The Morgan fingerprint density at radius 3 is 1.56 bits per heavy atom. The van der Waals surface area contributed by atoms with E-state index < -0.39 is 5.41 Å². The van der Waals surface area contributed by atoms with Gasteiger partial charge in [-0.2, -0.15) is 0 Å². The van der Waals surface area contributed by atoms with Crippen LogP contribution in [0.4, 0.5) is 34.1 Å². The molecule has 3 aliphatic carbocycles. The van der Waals surface area contributed by atoms with Crippen molar-refractivity contribution < 1.29 is 0 Å². The molecule has 370 valence electrons. The van der Waals surface area contributed by atoms with Gasteiger partial charge in [-0.3, -0.25) is 0 Å². The molecule has 17 rings (SSSR count). The highest BCUT2D eigenvalue weighted by molar-refractivity contribution is 7.26. The smallest absolute Gasteiger partial charge is 0.0726 e. The molecule has 4 aliphatic rings. The fourth-order valence-corrected chi connectivity index (χ4v) is 15.9.